The Hall–Kier alpha value is -0.380. The molecule has 2 fully saturated rings. The lowest BCUT2D eigenvalue weighted by Gasteiger charge is -2.40. The highest BCUT2D eigenvalue weighted by molar-refractivity contribution is 7.09. The first-order chi connectivity index (χ1) is 9.78. The number of rotatable bonds is 6. The zero-order valence-corrected chi connectivity index (χ0v) is 13.7. The molecular formula is C17H28N2S. The van der Waals surface area contributed by atoms with Crippen LogP contribution in [0.2, 0.25) is 0 Å². The van der Waals surface area contributed by atoms with Crippen molar-refractivity contribution in [1.29, 1.82) is 0 Å². The topological polar surface area (TPSA) is 15.3 Å². The summed E-state index contributed by atoms with van der Waals surface area (Å²) in [7, 11) is 2.34. The normalized spacial score (nSPS) is 31.6. The molecule has 0 aliphatic carbocycles. The molecule has 3 heterocycles. The minimum Gasteiger partial charge on any atom is -0.314 e. The quantitative estimate of drug-likeness (QED) is 0.863. The van der Waals surface area contributed by atoms with Crippen molar-refractivity contribution in [2.45, 2.75) is 63.6 Å². The summed E-state index contributed by atoms with van der Waals surface area (Å²) in [6.07, 6.45) is 8.24. The maximum absolute atomic E-state index is 3.78. The highest BCUT2D eigenvalue weighted by atomic mass is 32.1. The van der Waals surface area contributed by atoms with Crippen molar-refractivity contribution in [3.05, 3.63) is 22.4 Å². The second-order valence-electron chi connectivity index (χ2n) is 6.56. The van der Waals surface area contributed by atoms with Crippen molar-refractivity contribution in [2.75, 3.05) is 13.6 Å². The van der Waals surface area contributed by atoms with Crippen molar-refractivity contribution < 1.29 is 0 Å². The summed E-state index contributed by atoms with van der Waals surface area (Å²) in [5, 5.41) is 5.99. The molecule has 3 rings (SSSR count). The number of aryl methyl sites for hydroxylation is 1. The summed E-state index contributed by atoms with van der Waals surface area (Å²) < 4.78 is 0. The maximum atomic E-state index is 3.78. The van der Waals surface area contributed by atoms with Crippen molar-refractivity contribution in [2.24, 2.45) is 5.92 Å². The number of hydrogen-bond acceptors (Lipinski definition) is 3. The van der Waals surface area contributed by atoms with E-state index in [1.807, 2.05) is 11.3 Å². The smallest absolute Gasteiger partial charge is 0.00998 e. The van der Waals surface area contributed by atoms with Gasteiger partial charge >= 0.3 is 0 Å². The number of fused-ring (bicyclic) bond motifs is 2. The third-order valence-corrected chi connectivity index (χ3v) is 6.39. The average molecular weight is 292 g/mol. The van der Waals surface area contributed by atoms with E-state index in [0.717, 1.165) is 30.6 Å². The van der Waals surface area contributed by atoms with E-state index in [9.17, 15) is 0 Å². The third-order valence-electron chi connectivity index (χ3n) is 5.45. The van der Waals surface area contributed by atoms with Gasteiger partial charge in [-0.2, -0.15) is 0 Å². The van der Waals surface area contributed by atoms with Gasteiger partial charge in [-0.05, 0) is 69.5 Å². The van der Waals surface area contributed by atoms with Gasteiger partial charge in [-0.3, -0.25) is 0 Å². The fraction of sp³-hybridized carbons (Fsp3) is 0.765. The number of hydrogen-bond donors (Lipinski definition) is 1. The molecule has 2 aliphatic rings. The van der Waals surface area contributed by atoms with Gasteiger partial charge in [0, 0.05) is 23.0 Å². The summed E-state index contributed by atoms with van der Waals surface area (Å²) >= 11 is 1.91. The van der Waals surface area contributed by atoms with E-state index < -0.39 is 0 Å². The molecule has 1 aromatic heterocycles. The molecule has 112 valence electrons. The number of piperidine rings is 1. The zero-order valence-electron chi connectivity index (χ0n) is 12.8. The average Bonchev–Trinajstić information content (AvgIpc) is 3.01. The lowest BCUT2D eigenvalue weighted by molar-refractivity contribution is 0.110. The fourth-order valence-electron chi connectivity index (χ4n) is 4.30. The maximum Gasteiger partial charge on any atom is 0.00998 e. The summed E-state index contributed by atoms with van der Waals surface area (Å²) in [6, 6.07) is 6.91. The van der Waals surface area contributed by atoms with E-state index in [2.05, 4.69) is 41.7 Å². The molecule has 0 spiro atoms. The highest BCUT2D eigenvalue weighted by Gasteiger charge is 2.40. The molecule has 3 atom stereocenters. The first-order valence-electron chi connectivity index (χ1n) is 8.25. The Bertz CT molecular complexity index is 389. The van der Waals surface area contributed by atoms with Crippen LogP contribution in [0.25, 0.3) is 0 Å². The van der Waals surface area contributed by atoms with Crippen LogP contribution >= 0.6 is 11.3 Å². The molecule has 0 aromatic carbocycles. The molecule has 2 nitrogen and oxygen atoms in total. The summed E-state index contributed by atoms with van der Waals surface area (Å²) in [5.41, 5.74) is 0. The predicted octanol–water partition coefficient (Wildman–Crippen LogP) is 3.53. The van der Waals surface area contributed by atoms with Gasteiger partial charge in [0.15, 0.2) is 0 Å². The minimum absolute atomic E-state index is 0.721. The first-order valence-corrected chi connectivity index (χ1v) is 9.13. The van der Waals surface area contributed by atoms with Crippen LogP contribution in [0.15, 0.2) is 17.5 Å². The van der Waals surface area contributed by atoms with Gasteiger partial charge in [0.2, 0.25) is 0 Å². The van der Waals surface area contributed by atoms with Crippen LogP contribution in [0.4, 0.5) is 0 Å². The summed E-state index contributed by atoms with van der Waals surface area (Å²) in [4.78, 5) is 4.20. The van der Waals surface area contributed by atoms with E-state index in [-0.39, 0.29) is 0 Å². The van der Waals surface area contributed by atoms with Gasteiger partial charge in [-0.1, -0.05) is 13.0 Å². The van der Waals surface area contributed by atoms with Crippen LogP contribution in [0, 0.1) is 5.92 Å². The second-order valence-corrected chi connectivity index (χ2v) is 7.60. The molecule has 2 saturated heterocycles. The van der Waals surface area contributed by atoms with Gasteiger partial charge in [0.05, 0.1) is 0 Å². The highest BCUT2D eigenvalue weighted by Crippen LogP contribution is 2.39. The molecule has 20 heavy (non-hydrogen) atoms. The Kier molecular flexibility index (Phi) is 4.79. The zero-order chi connectivity index (χ0) is 13.9. The van der Waals surface area contributed by atoms with Crippen LogP contribution in [-0.2, 0) is 6.42 Å². The Morgan fingerprint density at radius 1 is 1.35 bits per heavy atom. The molecule has 2 bridgehead atoms. The van der Waals surface area contributed by atoms with Crippen molar-refractivity contribution in [1.82, 2.24) is 10.2 Å². The van der Waals surface area contributed by atoms with Gasteiger partial charge in [0.1, 0.15) is 0 Å². The Balaban J connectivity index is 1.59. The summed E-state index contributed by atoms with van der Waals surface area (Å²) in [6.45, 7) is 3.36. The van der Waals surface area contributed by atoms with Gasteiger partial charge in [-0.15, -0.1) is 11.3 Å². The SMILES string of the molecule is CCNC(CCc1cccs1)C1CC2CCC(C1)N2C. The lowest BCUT2D eigenvalue weighted by Crippen LogP contribution is -2.47. The molecule has 0 radical (unpaired) electrons. The van der Waals surface area contributed by atoms with E-state index in [1.54, 1.807) is 4.88 Å². The molecule has 1 aromatic rings. The van der Waals surface area contributed by atoms with E-state index in [4.69, 9.17) is 0 Å². The van der Waals surface area contributed by atoms with Gasteiger partial charge in [0.25, 0.3) is 0 Å². The summed E-state index contributed by atoms with van der Waals surface area (Å²) in [5.74, 6) is 0.892. The van der Waals surface area contributed by atoms with Crippen molar-refractivity contribution >= 4 is 11.3 Å². The van der Waals surface area contributed by atoms with Crippen LogP contribution < -0.4 is 5.32 Å². The minimum atomic E-state index is 0.721. The molecule has 0 amide bonds. The van der Waals surface area contributed by atoms with E-state index in [0.29, 0.717) is 0 Å². The standard InChI is InChI=1S/C17H28N2S/c1-3-18-17(9-8-16-5-4-10-20-16)13-11-14-6-7-15(12-13)19(14)2/h4-5,10,13-15,17-18H,3,6-9,11-12H2,1-2H3. The Morgan fingerprint density at radius 2 is 2.10 bits per heavy atom. The lowest BCUT2D eigenvalue weighted by atomic mass is 9.83. The number of nitrogens with zero attached hydrogens (tertiary/aromatic N) is 1. The monoisotopic (exact) mass is 292 g/mol. The molecule has 2 aliphatic heterocycles. The van der Waals surface area contributed by atoms with Crippen LogP contribution in [0.5, 0.6) is 0 Å². The number of thiophene rings is 1. The van der Waals surface area contributed by atoms with E-state index in [1.165, 1.54) is 38.5 Å². The number of nitrogens with one attached hydrogen (secondary N) is 1. The molecule has 3 heteroatoms. The third kappa shape index (κ3) is 3.10. The Labute approximate surface area is 127 Å². The van der Waals surface area contributed by atoms with Crippen LogP contribution in [-0.4, -0.2) is 36.6 Å². The van der Waals surface area contributed by atoms with E-state index >= 15 is 0 Å². The van der Waals surface area contributed by atoms with Crippen molar-refractivity contribution in [3.8, 4) is 0 Å². The Morgan fingerprint density at radius 3 is 2.70 bits per heavy atom. The first kappa shape index (κ1) is 14.6. The van der Waals surface area contributed by atoms with Crippen LogP contribution in [0.3, 0.4) is 0 Å². The molecular weight excluding hydrogens is 264 g/mol. The predicted molar refractivity (Wildman–Crippen MR) is 87.4 cm³/mol. The largest absolute Gasteiger partial charge is 0.314 e. The fourth-order valence-corrected chi connectivity index (χ4v) is 5.03. The van der Waals surface area contributed by atoms with Gasteiger partial charge < -0.3 is 10.2 Å². The van der Waals surface area contributed by atoms with Crippen molar-refractivity contribution in [3.63, 3.8) is 0 Å². The van der Waals surface area contributed by atoms with Gasteiger partial charge in [-0.25, -0.2) is 0 Å². The molecule has 1 N–H and O–H groups in total. The molecule has 0 saturated carbocycles. The van der Waals surface area contributed by atoms with Crippen LogP contribution in [0.1, 0.15) is 43.9 Å². The molecule has 3 unspecified atom stereocenters. The second kappa shape index (κ2) is 6.59.